The molecule has 98 valence electrons. The normalized spacial score (nSPS) is 11.8. The van der Waals surface area contributed by atoms with Gasteiger partial charge in [0.1, 0.15) is 0 Å². The highest BCUT2D eigenvalue weighted by atomic mass is 32.1. The van der Waals surface area contributed by atoms with Crippen LogP contribution in [-0.2, 0) is 16.0 Å². The first-order valence-corrected chi connectivity index (χ1v) is 6.64. The van der Waals surface area contributed by atoms with Crippen LogP contribution in [0, 0.1) is 0 Å². The fraction of sp³-hybridized carbons (Fsp3) is 0.385. The molecule has 0 spiro atoms. The Hall–Kier alpha value is -1.62. The lowest BCUT2D eigenvalue weighted by Gasteiger charge is -2.16. The zero-order valence-electron chi connectivity index (χ0n) is 10.1. The Morgan fingerprint density at radius 1 is 1.56 bits per heavy atom. The molecule has 1 rings (SSSR count). The molecule has 1 aromatic heterocycles. The SMILES string of the molecule is C=CCCC(=O)N[C@H](CC(=O)O)Cc1cccs1. The number of carboxylic acids is 1. The van der Waals surface area contributed by atoms with Crippen molar-refractivity contribution in [2.24, 2.45) is 0 Å². The maximum absolute atomic E-state index is 11.6. The van der Waals surface area contributed by atoms with Gasteiger partial charge in [0, 0.05) is 23.8 Å². The number of allylic oxidation sites excluding steroid dienone is 1. The van der Waals surface area contributed by atoms with Crippen LogP contribution in [0.25, 0.3) is 0 Å². The number of rotatable bonds is 8. The summed E-state index contributed by atoms with van der Waals surface area (Å²) >= 11 is 1.56. The van der Waals surface area contributed by atoms with Crippen molar-refractivity contribution < 1.29 is 14.7 Å². The summed E-state index contributed by atoms with van der Waals surface area (Å²) in [5, 5.41) is 13.5. The van der Waals surface area contributed by atoms with Gasteiger partial charge in [0.2, 0.25) is 5.91 Å². The third-order valence-electron chi connectivity index (χ3n) is 2.39. The van der Waals surface area contributed by atoms with E-state index in [2.05, 4.69) is 11.9 Å². The van der Waals surface area contributed by atoms with E-state index in [1.165, 1.54) is 0 Å². The molecule has 0 radical (unpaired) electrons. The highest BCUT2D eigenvalue weighted by Gasteiger charge is 2.16. The van der Waals surface area contributed by atoms with E-state index in [1.807, 2.05) is 17.5 Å². The van der Waals surface area contributed by atoms with Gasteiger partial charge in [-0.1, -0.05) is 12.1 Å². The first-order chi connectivity index (χ1) is 8.61. The quantitative estimate of drug-likeness (QED) is 0.710. The lowest BCUT2D eigenvalue weighted by Crippen LogP contribution is -2.37. The molecular weight excluding hydrogens is 250 g/mol. The minimum absolute atomic E-state index is 0.0578. The average molecular weight is 267 g/mol. The molecule has 4 nitrogen and oxygen atoms in total. The molecule has 1 amide bonds. The molecule has 0 aliphatic carbocycles. The molecule has 1 heterocycles. The van der Waals surface area contributed by atoms with Crippen molar-refractivity contribution in [2.45, 2.75) is 31.7 Å². The Morgan fingerprint density at radius 3 is 2.89 bits per heavy atom. The maximum Gasteiger partial charge on any atom is 0.305 e. The number of nitrogens with one attached hydrogen (secondary N) is 1. The number of hydrogen-bond acceptors (Lipinski definition) is 3. The molecule has 0 aromatic carbocycles. The van der Waals surface area contributed by atoms with E-state index >= 15 is 0 Å². The van der Waals surface area contributed by atoms with E-state index in [0.717, 1.165) is 4.88 Å². The van der Waals surface area contributed by atoms with Crippen LogP contribution < -0.4 is 5.32 Å². The molecule has 0 saturated heterocycles. The van der Waals surface area contributed by atoms with Gasteiger partial charge in [-0.15, -0.1) is 17.9 Å². The van der Waals surface area contributed by atoms with Gasteiger partial charge in [0.15, 0.2) is 0 Å². The Labute approximate surface area is 110 Å². The van der Waals surface area contributed by atoms with Crippen molar-refractivity contribution in [3.05, 3.63) is 35.0 Å². The van der Waals surface area contributed by atoms with Gasteiger partial charge in [0.05, 0.1) is 6.42 Å². The number of hydrogen-bond donors (Lipinski definition) is 2. The van der Waals surface area contributed by atoms with Crippen LogP contribution >= 0.6 is 11.3 Å². The Morgan fingerprint density at radius 2 is 2.33 bits per heavy atom. The van der Waals surface area contributed by atoms with Crippen LogP contribution in [0.3, 0.4) is 0 Å². The van der Waals surface area contributed by atoms with E-state index in [9.17, 15) is 9.59 Å². The minimum Gasteiger partial charge on any atom is -0.481 e. The van der Waals surface area contributed by atoms with Crippen molar-refractivity contribution in [1.82, 2.24) is 5.32 Å². The molecule has 1 atom stereocenters. The minimum atomic E-state index is -0.902. The molecule has 5 heteroatoms. The molecule has 1 aromatic rings. The molecule has 2 N–H and O–H groups in total. The summed E-state index contributed by atoms with van der Waals surface area (Å²) < 4.78 is 0. The fourth-order valence-corrected chi connectivity index (χ4v) is 2.38. The molecular formula is C13H17NO3S. The van der Waals surface area contributed by atoms with E-state index in [4.69, 9.17) is 5.11 Å². The first kappa shape index (κ1) is 14.4. The Kier molecular flexibility index (Phi) is 6.14. The van der Waals surface area contributed by atoms with E-state index in [-0.39, 0.29) is 18.4 Å². The molecule has 0 unspecified atom stereocenters. The number of carbonyl (C=O) groups is 2. The maximum atomic E-state index is 11.6. The number of carboxylic acid groups (broad SMARTS) is 1. The van der Waals surface area contributed by atoms with Crippen LogP contribution in [0.4, 0.5) is 0 Å². The summed E-state index contributed by atoms with van der Waals surface area (Å²) in [4.78, 5) is 23.4. The summed E-state index contributed by atoms with van der Waals surface area (Å²) in [6.07, 6.45) is 3.13. The second kappa shape index (κ2) is 7.66. The van der Waals surface area contributed by atoms with Crippen molar-refractivity contribution >= 4 is 23.2 Å². The van der Waals surface area contributed by atoms with Crippen molar-refractivity contribution in [1.29, 1.82) is 0 Å². The largest absolute Gasteiger partial charge is 0.481 e. The summed E-state index contributed by atoms with van der Waals surface area (Å²) in [6, 6.07) is 3.51. The predicted molar refractivity (Wildman–Crippen MR) is 71.6 cm³/mol. The highest BCUT2D eigenvalue weighted by Crippen LogP contribution is 2.13. The molecule has 0 bridgehead atoms. The topological polar surface area (TPSA) is 66.4 Å². The molecule has 0 aliphatic rings. The van der Waals surface area contributed by atoms with Crippen LogP contribution in [0.2, 0.25) is 0 Å². The molecule has 18 heavy (non-hydrogen) atoms. The second-order valence-electron chi connectivity index (χ2n) is 3.97. The van der Waals surface area contributed by atoms with Gasteiger partial charge in [0.25, 0.3) is 0 Å². The average Bonchev–Trinajstić information content (AvgIpc) is 2.78. The number of thiophene rings is 1. The van der Waals surface area contributed by atoms with Crippen molar-refractivity contribution in [2.75, 3.05) is 0 Å². The molecule has 0 saturated carbocycles. The number of amides is 1. The predicted octanol–water partition coefficient (Wildman–Crippen LogP) is 2.22. The monoisotopic (exact) mass is 267 g/mol. The zero-order chi connectivity index (χ0) is 13.4. The van der Waals surface area contributed by atoms with Gasteiger partial charge in [-0.25, -0.2) is 0 Å². The van der Waals surface area contributed by atoms with Gasteiger partial charge in [-0.05, 0) is 17.9 Å². The lowest BCUT2D eigenvalue weighted by atomic mass is 10.1. The highest BCUT2D eigenvalue weighted by molar-refractivity contribution is 7.09. The van der Waals surface area contributed by atoms with E-state index in [1.54, 1.807) is 17.4 Å². The third kappa shape index (κ3) is 5.63. The van der Waals surface area contributed by atoms with E-state index in [0.29, 0.717) is 19.3 Å². The fourth-order valence-electron chi connectivity index (χ4n) is 1.59. The second-order valence-corrected chi connectivity index (χ2v) is 5.01. The standard InChI is InChI=1S/C13H17NO3S/c1-2-3-6-12(15)14-10(9-13(16)17)8-11-5-4-7-18-11/h2,4-5,7,10H,1,3,6,8-9H2,(H,14,15)(H,16,17)/t10-/m0/s1. The zero-order valence-corrected chi connectivity index (χ0v) is 10.9. The first-order valence-electron chi connectivity index (χ1n) is 5.76. The number of aliphatic carboxylic acids is 1. The van der Waals surface area contributed by atoms with Gasteiger partial charge < -0.3 is 10.4 Å². The van der Waals surface area contributed by atoms with Crippen LogP contribution in [0.15, 0.2) is 30.2 Å². The number of carbonyl (C=O) groups excluding carboxylic acids is 1. The van der Waals surface area contributed by atoms with Gasteiger partial charge >= 0.3 is 5.97 Å². The summed E-state index contributed by atoms with van der Waals surface area (Å²) in [5.74, 6) is -1.03. The summed E-state index contributed by atoms with van der Waals surface area (Å²) in [5.41, 5.74) is 0. The van der Waals surface area contributed by atoms with Gasteiger partial charge in [-0.3, -0.25) is 9.59 Å². The third-order valence-corrected chi connectivity index (χ3v) is 3.29. The van der Waals surface area contributed by atoms with Crippen LogP contribution in [0.1, 0.15) is 24.1 Å². The molecule has 0 fully saturated rings. The molecule has 0 aliphatic heterocycles. The Balaban J connectivity index is 2.52. The van der Waals surface area contributed by atoms with Crippen LogP contribution in [0.5, 0.6) is 0 Å². The smallest absolute Gasteiger partial charge is 0.305 e. The van der Waals surface area contributed by atoms with Crippen LogP contribution in [-0.4, -0.2) is 23.0 Å². The lowest BCUT2D eigenvalue weighted by molar-refractivity contribution is -0.137. The summed E-state index contributed by atoms with van der Waals surface area (Å²) in [7, 11) is 0. The van der Waals surface area contributed by atoms with Gasteiger partial charge in [-0.2, -0.15) is 0 Å². The summed E-state index contributed by atoms with van der Waals surface area (Å²) in [6.45, 7) is 3.55. The van der Waals surface area contributed by atoms with Crippen molar-refractivity contribution in [3.63, 3.8) is 0 Å². The van der Waals surface area contributed by atoms with E-state index < -0.39 is 5.97 Å². The Bertz CT molecular complexity index is 400. The van der Waals surface area contributed by atoms with Crippen molar-refractivity contribution in [3.8, 4) is 0 Å².